The van der Waals surface area contributed by atoms with Crippen molar-refractivity contribution in [2.45, 2.75) is 13.8 Å². The second-order valence-electron chi connectivity index (χ2n) is 3.88. The largest absolute Gasteiger partial charge is 0.382 e. The van der Waals surface area contributed by atoms with Crippen molar-refractivity contribution in [3.05, 3.63) is 47.7 Å². The predicted molar refractivity (Wildman–Crippen MR) is 67.8 cm³/mol. The molecule has 3 nitrogen and oxygen atoms in total. The zero-order valence-electron chi connectivity index (χ0n) is 9.49. The summed E-state index contributed by atoms with van der Waals surface area (Å²) in [5.41, 5.74) is 10.1. The van der Waals surface area contributed by atoms with E-state index in [1.54, 1.807) is 6.20 Å². The van der Waals surface area contributed by atoms with Gasteiger partial charge in [-0.2, -0.15) is 0 Å². The van der Waals surface area contributed by atoms with Crippen molar-refractivity contribution in [3.63, 3.8) is 0 Å². The van der Waals surface area contributed by atoms with Crippen LogP contribution < -0.4 is 11.1 Å². The molecule has 0 spiro atoms. The second-order valence-corrected chi connectivity index (χ2v) is 3.88. The molecular formula is C13H15N3. The van der Waals surface area contributed by atoms with Gasteiger partial charge in [-0.05, 0) is 43.2 Å². The quantitative estimate of drug-likeness (QED) is 0.806. The molecule has 3 N–H and O–H groups in total. The Bertz CT molecular complexity index is 506. The highest BCUT2D eigenvalue weighted by Gasteiger charge is 2.02. The topological polar surface area (TPSA) is 50.9 Å². The lowest BCUT2D eigenvalue weighted by atomic mass is 10.1. The highest BCUT2D eigenvalue weighted by atomic mass is 15.0. The lowest BCUT2D eigenvalue weighted by molar-refractivity contribution is 1.32. The Kier molecular flexibility index (Phi) is 2.77. The van der Waals surface area contributed by atoms with Gasteiger partial charge in [-0.25, -0.2) is 4.98 Å². The second kappa shape index (κ2) is 4.23. The average molecular weight is 213 g/mol. The maximum Gasteiger partial charge on any atom is 0.147 e. The molecule has 1 heterocycles. The first kappa shape index (κ1) is 10.5. The molecule has 1 aromatic heterocycles. The van der Waals surface area contributed by atoms with Gasteiger partial charge in [-0.1, -0.05) is 12.1 Å². The van der Waals surface area contributed by atoms with Crippen molar-refractivity contribution in [1.29, 1.82) is 0 Å². The molecule has 3 heteroatoms. The van der Waals surface area contributed by atoms with Crippen molar-refractivity contribution in [2.24, 2.45) is 0 Å². The van der Waals surface area contributed by atoms with Gasteiger partial charge in [0, 0.05) is 11.9 Å². The molecule has 0 unspecified atom stereocenters. The van der Waals surface area contributed by atoms with Crippen LogP contribution in [0.2, 0.25) is 0 Å². The minimum Gasteiger partial charge on any atom is -0.382 e. The minimum absolute atomic E-state index is 0.517. The third kappa shape index (κ3) is 2.14. The van der Waals surface area contributed by atoms with Crippen LogP contribution in [0.3, 0.4) is 0 Å². The van der Waals surface area contributed by atoms with Crippen LogP contribution >= 0.6 is 0 Å². The number of aryl methyl sites for hydroxylation is 2. The number of nitrogen functional groups attached to an aromatic ring is 1. The van der Waals surface area contributed by atoms with Gasteiger partial charge >= 0.3 is 0 Å². The fourth-order valence-electron chi connectivity index (χ4n) is 1.54. The van der Waals surface area contributed by atoms with Gasteiger partial charge in [0.25, 0.3) is 0 Å². The van der Waals surface area contributed by atoms with E-state index in [0.717, 1.165) is 11.4 Å². The molecule has 0 aliphatic rings. The van der Waals surface area contributed by atoms with Crippen LogP contribution in [0.25, 0.3) is 0 Å². The zero-order chi connectivity index (χ0) is 11.5. The van der Waals surface area contributed by atoms with Gasteiger partial charge in [0.15, 0.2) is 0 Å². The number of hydrogen-bond donors (Lipinski definition) is 2. The number of aromatic nitrogens is 1. The summed E-state index contributed by atoms with van der Waals surface area (Å²) >= 11 is 0. The van der Waals surface area contributed by atoms with Crippen LogP contribution in [0.5, 0.6) is 0 Å². The molecule has 0 fully saturated rings. The fraction of sp³-hybridized carbons (Fsp3) is 0.154. The summed E-state index contributed by atoms with van der Waals surface area (Å²) in [6.45, 7) is 4.13. The molecule has 0 radical (unpaired) electrons. The van der Waals surface area contributed by atoms with E-state index in [0.29, 0.717) is 5.82 Å². The van der Waals surface area contributed by atoms with E-state index in [2.05, 4.69) is 42.3 Å². The molecule has 2 rings (SSSR count). The molecule has 0 saturated carbocycles. The summed E-state index contributed by atoms with van der Waals surface area (Å²) in [5, 5.41) is 3.29. The Balaban J connectivity index is 2.34. The molecule has 0 bridgehead atoms. The van der Waals surface area contributed by atoms with Crippen LogP contribution in [0, 0.1) is 13.8 Å². The van der Waals surface area contributed by atoms with Gasteiger partial charge in [0.05, 0.1) is 5.69 Å². The standard InChI is InChI=1S/C13H15N3/c1-9-5-6-10(2)12(8-9)16-11-4-3-7-15-13(11)14/h3-8,16H,1-2H3,(H2,14,15). The maximum atomic E-state index is 5.78. The predicted octanol–water partition coefficient (Wildman–Crippen LogP) is 3.02. The Labute approximate surface area is 95.3 Å². The molecule has 16 heavy (non-hydrogen) atoms. The highest BCUT2D eigenvalue weighted by Crippen LogP contribution is 2.24. The third-order valence-corrected chi connectivity index (χ3v) is 2.50. The summed E-state index contributed by atoms with van der Waals surface area (Å²) in [6, 6.07) is 10.1. The van der Waals surface area contributed by atoms with E-state index in [9.17, 15) is 0 Å². The van der Waals surface area contributed by atoms with E-state index >= 15 is 0 Å². The number of pyridine rings is 1. The fourth-order valence-corrected chi connectivity index (χ4v) is 1.54. The van der Waals surface area contributed by atoms with E-state index < -0.39 is 0 Å². The number of benzene rings is 1. The number of hydrogen-bond acceptors (Lipinski definition) is 3. The summed E-state index contributed by atoms with van der Waals surface area (Å²) in [4.78, 5) is 4.04. The molecule has 2 aromatic rings. The molecule has 0 saturated heterocycles. The van der Waals surface area contributed by atoms with Crippen molar-refractivity contribution in [2.75, 3.05) is 11.1 Å². The SMILES string of the molecule is Cc1ccc(C)c(Nc2cccnc2N)c1. The van der Waals surface area contributed by atoms with Gasteiger partial charge in [-0.3, -0.25) is 0 Å². The van der Waals surface area contributed by atoms with E-state index in [-0.39, 0.29) is 0 Å². The van der Waals surface area contributed by atoms with Crippen molar-refractivity contribution in [3.8, 4) is 0 Å². The van der Waals surface area contributed by atoms with Gasteiger partial charge in [0.1, 0.15) is 5.82 Å². The van der Waals surface area contributed by atoms with Gasteiger partial charge < -0.3 is 11.1 Å². The molecule has 0 amide bonds. The molecule has 0 atom stereocenters. The van der Waals surface area contributed by atoms with E-state index in [1.165, 1.54) is 11.1 Å². The summed E-state index contributed by atoms with van der Waals surface area (Å²) in [7, 11) is 0. The molecule has 82 valence electrons. The van der Waals surface area contributed by atoms with Crippen molar-refractivity contribution >= 4 is 17.2 Å². The van der Waals surface area contributed by atoms with Crippen LogP contribution in [-0.4, -0.2) is 4.98 Å². The van der Waals surface area contributed by atoms with Crippen LogP contribution in [0.1, 0.15) is 11.1 Å². The Morgan fingerprint density at radius 3 is 2.69 bits per heavy atom. The lowest BCUT2D eigenvalue weighted by Gasteiger charge is -2.11. The first-order valence-corrected chi connectivity index (χ1v) is 5.21. The summed E-state index contributed by atoms with van der Waals surface area (Å²) in [5.74, 6) is 0.517. The van der Waals surface area contributed by atoms with Crippen molar-refractivity contribution < 1.29 is 0 Å². The number of nitrogens with zero attached hydrogens (tertiary/aromatic N) is 1. The highest BCUT2D eigenvalue weighted by molar-refractivity contribution is 5.71. The monoisotopic (exact) mass is 213 g/mol. The van der Waals surface area contributed by atoms with Crippen molar-refractivity contribution in [1.82, 2.24) is 4.98 Å². The van der Waals surface area contributed by atoms with Gasteiger partial charge in [-0.15, -0.1) is 0 Å². The summed E-state index contributed by atoms with van der Waals surface area (Å²) in [6.07, 6.45) is 1.68. The van der Waals surface area contributed by atoms with E-state index in [4.69, 9.17) is 5.73 Å². The first-order valence-electron chi connectivity index (χ1n) is 5.21. The maximum absolute atomic E-state index is 5.78. The van der Waals surface area contributed by atoms with Crippen LogP contribution in [0.4, 0.5) is 17.2 Å². The normalized spacial score (nSPS) is 10.1. The average Bonchev–Trinajstić information content (AvgIpc) is 2.27. The van der Waals surface area contributed by atoms with Gasteiger partial charge in [0.2, 0.25) is 0 Å². The number of anilines is 3. The molecule has 0 aliphatic heterocycles. The molecule has 0 aliphatic carbocycles. The Hall–Kier alpha value is -2.03. The Morgan fingerprint density at radius 2 is 1.94 bits per heavy atom. The summed E-state index contributed by atoms with van der Waals surface area (Å²) < 4.78 is 0. The smallest absolute Gasteiger partial charge is 0.147 e. The number of nitrogens with one attached hydrogen (secondary N) is 1. The number of nitrogens with two attached hydrogens (primary N) is 1. The Morgan fingerprint density at radius 1 is 1.12 bits per heavy atom. The molecule has 1 aromatic carbocycles. The van der Waals surface area contributed by atoms with Crippen LogP contribution in [-0.2, 0) is 0 Å². The number of rotatable bonds is 2. The lowest BCUT2D eigenvalue weighted by Crippen LogP contribution is -1.99. The minimum atomic E-state index is 0.517. The zero-order valence-corrected chi connectivity index (χ0v) is 9.49. The first-order chi connectivity index (χ1) is 7.66. The van der Waals surface area contributed by atoms with E-state index in [1.807, 2.05) is 12.1 Å². The molecular weight excluding hydrogens is 198 g/mol. The van der Waals surface area contributed by atoms with Crippen LogP contribution in [0.15, 0.2) is 36.5 Å². The third-order valence-electron chi connectivity index (χ3n) is 2.50.